The zero-order valence-electron chi connectivity index (χ0n) is 24.9. The van der Waals surface area contributed by atoms with Gasteiger partial charge >= 0.3 is 0 Å². The zero-order chi connectivity index (χ0) is 31.7. The molecule has 2 unspecified atom stereocenters. The molecule has 2 aromatic heterocycles. The van der Waals surface area contributed by atoms with Crippen LogP contribution in [0.15, 0.2) is 88.8 Å². The Hall–Kier alpha value is -4.30. The first kappa shape index (κ1) is 31.1. The molecule has 2 atom stereocenters. The van der Waals surface area contributed by atoms with E-state index in [4.69, 9.17) is 4.74 Å². The lowest BCUT2D eigenvalue weighted by Crippen LogP contribution is -2.36. The Balaban J connectivity index is 1.38. The molecule has 0 saturated heterocycles. The van der Waals surface area contributed by atoms with Gasteiger partial charge in [-0.1, -0.05) is 38.1 Å². The summed E-state index contributed by atoms with van der Waals surface area (Å²) in [5.41, 5.74) is 1.75. The average Bonchev–Trinajstić information content (AvgIpc) is 3.63. The van der Waals surface area contributed by atoms with Crippen molar-refractivity contribution in [3.63, 3.8) is 0 Å². The number of anilines is 2. The van der Waals surface area contributed by atoms with Crippen LogP contribution in [0.4, 0.5) is 11.4 Å². The molecule has 0 bridgehead atoms. The predicted molar refractivity (Wildman–Crippen MR) is 166 cm³/mol. The lowest BCUT2D eigenvalue weighted by molar-refractivity contribution is 0.0730. The van der Waals surface area contributed by atoms with Crippen molar-refractivity contribution in [2.45, 2.75) is 61.4 Å². The number of ether oxygens (including phenoxy) is 1. The van der Waals surface area contributed by atoms with Crippen LogP contribution in [-0.2, 0) is 37.2 Å². The number of aryl methyl sites for hydroxylation is 2. The number of hydrogen-bond donors (Lipinski definition) is 4. The van der Waals surface area contributed by atoms with E-state index in [0.29, 0.717) is 35.8 Å². The molecule has 4 N–H and O–H groups in total. The average molecular weight is 641 g/mol. The van der Waals surface area contributed by atoms with Crippen molar-refractivity contribution in [2.24, 2.45) is 7.05 Å². The summed E-state index contributed by atoms with van der Waals surface area (Å²) in [4.78, 5) is 10.7. The quantitative estimate of drug-likeness (QED) is 0.176. The van der Waals surface area contributed by atoms with Gasteiger partial charge in [0.15, 0.2) is 10.1 Å². The second kappa shape index (κ2) is 12.0. The van der Waals surface area contributed by atoms with E-state index in [2.05, 4.69) is 24.4 Å². The molecule has 0 radical (unpaired) electrons. The number of aliphatic hydroxyl groups is 1. The summed E-state index contributed by atoms with van der Waals surface area (Å²) in [5, 5.41) is 11.2. The summed E-state index contributed by atoms with van der Waals surface area (Å²) < 4.78 is 64.4. The number of hydrogen-bond acceptors (Lipinski definition) is 8. The van der Waals surface area contributed by atoms with Gasteiger partial charge in [0, 0.05) is 48.6 Å². The van der Waals surface area contributed by atoms with Crippen LogP contribution in [0.2, 0.25) is 0 Å². The van der Waals surface area contributed by atoms with Crippen molar-refractivity contribution in [3.05, 3.63) is 95.7 Å². The number of nitrogens with one attached hydrogen (secondary N) is 3. The Labute approximate surface area is 257 Å². The van der Waals surface area contributed by atoms with E-state index in [1.165, 1.54) is 18.7 Å². The van der Waals surface area contributed by atoms with Crippen LogP contribution in [0.5, 0.6) is 0 Å². The summed E-state index contributed by atoms with van der Waals surface area (Å²) in [7, 11) is -6.08. The first-order chi connectivity index (χ1) is 20.9. The molecule has 1 aliphatic heterocycles. The number of aliphatic hydroxyl groups excluding tert-OH is 1. The topological polar surface area (TPSA) is 168 Å². The molecule has 5 rings (SSSR count). The van der Waals surface area contributed by atoms with Gasteiger partial charge in [-0.3, -0.25) is 9.44 Å². The molecule has 44 heavy (non-hydrogen) atoms. The third-order valence-electron chi connectivity index (χ3n) is 7.88. The maximum atomic E-state index is 12.9. The molecule has 0 amide bonds. The molecule has 0 spiro atoms. The van der Waals surface area contributed by atoms with E-state index >= 15 is 0 Å². The SMILES string of the molecule is CCC(C1=C(O)CC(CC)(c2cccc(NS(=O)(=O)c3c[nH]c(C)n3)c2)CO1)c1cccc(NS(=O)(=O)c2cn(C)cn2)c1. The number of aromatic nitrogens is 4. The summed E-state index contributed by atoms with van der Waals surface area (Å²) in [6, 6.07) is 14.1. The third-order valence-corrected chi connectivity index (χ3v) is 10.4. The van der Waals surface area contributed by atoms with E-state index in [-0.39, 0.29) is 34.8 Å². The maximum absolute atomic E-state index is 12.9. The fraction of sp³-hybridized carbons (Fsp3) is 0.333. The van der Waals surface area contributed by atoms with E-state index in [1.807, 2.05) is 26.0 Å². The highest BCUT2D eigenvalue weighted by Crippen LogP contribution is 2.44. The second-order valence-electron chi connectivity index (χ2n) is 11.0. The molecule has 3 heterocycles. The smallest absolute Gasteiger partial charge is 0.280 e. The minimum atomic E-state index is -3.89. The Kier molecular flexibility index (Phi) is 8.49. The fourth-order valence-electron chi connectivity index (χ4n) is 5.46. The zero-order valence-corrected chi connectivity index (χ0v) is 26.5. The van der Waals surface area contributed by atoms with Crippen LogP contribution in [0.25, 0.3) is 0 Å². The number of aromatic amines is 1. The number of imidazole rings is 2. The van der Waals surface area contributed by atoms with Gasteiger partial charge in [-0.25, -0.2) is 9.97 Å². The highest BCUT2D eigenvalue weighted by Gasteiger charge is 2.39. The number of rotatable bonds is 11. The van der Waals surface area contributed by atoms with Crippen molar-refractivity contribution in [2.75, 3.05) is 16.1 Å². The lowest BCUT2D eigenvalue weighted by Gasteiger charge is -2.39. The van der Waals surface area contributed by atoms with Crippen molar-refractivity contribution in [3.8, 4) is 0 Å². The first-order valence-corrected chi connectivity index (χ1v) is 17.1. The van der Waals surface area contributed by atoms with E-state index in [1.54, 1.807) is 54.9 Å². The van der Waals surface area contributed by atoms with E-state index < -0.39 is 25.5 Å². The molecule has 0 saturated carbocycles. The van der Waals surface area contributed by atoms with Gasteiger partial charge in [-0.05, 0) is 55.2 Å². The standard InChI is InChI=1S/C30H36N6O6S2/c1-5-25(21-9-7-11-23(13-21)34-44(40,41)28-17-36(4)19-32-28)29-26(37)15-30(6-2,18-42-29)22-10-8-12-24(14-22)35-43(38,39)27-16-31-20(3)33-27/h7-14,16-17,19,25,34-35,37H,5-6,15,18H2,1-4H3,(H,31,33). The largest absolute Gasteiger partial charge is 0.509 e. The third kappa shape index (κ3) is 6.31. The fourth-order valence-corrected chi connectivity index (χ4v) is 7.50. The van der Waals surface area contributed by atoms with Crippen molar-refractivity contribution in [1.29, 1.82) is 0 Å². The molecule has 12 nitrogen and oxygen atoms in total. The van der Waals surface area contributed by atoms with Crippen LogP contribution < -0.4 is 9.44 Å². The highest BCUT2D eigenvalue weighted by molar-refractivity contribution is 7.93. The van der Waals surface area contributed by atoms with Gasteiger partial charge in [0.2, 0.25) is 0 Å². The normalized spacial score (nSPS) is 18.1. The number of sulfonamides is 2. The summed E-state index contributed by atoms with van der Waals surface area (Å²) in [6.45, 7) is 5.91. The number of H-pyrrole nitrogens is 1. The van der Waals surface area contributed by atoms with Gasteiger partial charge < -0.3 is 19.4 Å². The van der Waals surface area contributed by atoms with Crippen molar-refractivity contribution >= 4 is 31.4 Å². The monoisotopic (exact) mass is 640 g/mol. The van der Waals surface area contributed by atoms with Crippen LogP contribution in [0.3, 0.4) is 0 Å². The highest BCUT2D eigenvalue weighted by atomic mass is 32.2. The summed E-state index contributed by atoms with van der Waals surface area (Å²) in [6.07, 6.45) is 5.68. The van der Waals surface area contributed by atoms with E-state index in [0.717, 1.165) is 11.1 Å². The molecule has 2 aromatic carbocycles. The van der Waals surface area contributed by atoms with Crippen LogP contribution in [-0.4, -0.2) is 48.1 Å². The summed E-state index contributed by atoms with van der Waals surface area (Å²) >= 11 is 0. The van der Waals surface area contributed by atoms with Gasteiger partial charge in [-0.2, -0.15) is 16.8 Å². The van der Waals surface area contributed by atoms with Crippen molar-refractivity contribution < 1.29 is 26.7 Å². The minimum absolute atomic E-state index is 0.0857. The van der Waals surface area contributed by atoms with Crippen molar-refractivity contribution in [1.82, 2.24) is 19.5 Å². The van der Waals surface area contributed by atoms with E-state index in [9.17, 15) is 21.9 Å². The van der Waals surface area contributed by atoms with Crippen LogP contribution in [0, 0.1) is 6.92 Å². The first-order valence-electron chi connectivity index (χ1n) is 14.2. The van der Waals surface area contributed by atoms with Gasteiger partial charge in [0.25, 0.3) is 20.0 Å². The van der Waals surface area contributed by atoms with Crippen LogP contribution >= 0.6 is 0 Å². The number of nitrogens with zero attached hydrogens (tertiary/aromatic N) is 3. The van der Waals surface area contributed by atoms with Gasteiger partial charge in [-0.15, -0.1) is 0 Å². The molecular formula is C30H36N6O6S2. The minimum Gasteiger partial charge on any atom is -0.509 e. The Morgan fingerprint density at radius 2 is 1.73 bits per heavy atom. The van der Waals surface area contributed by atoms with Crippen LogP contribution in [0.1, 0.15) is 56.0 Å². The molecular weight excluding hydrogens is 604 g/mol. The Bertz CT molecular complexity index is 1910. The molecule has 234 valence electrons. The maximum Gasteiger partial charge on any atom is 0.280 e. The molecule has 4 aromatic rings. The predicted octanol–water partition coefficient (Wildman–Crippen LogP) is 5.08. The molecule has 1 aliphatic rings. The Morgan fingerprint density at radius 3 is 2.32 bits per heavy atom. The second-order valence-corrected chi connectivity index (χ2v) is 14.2. The molecule has 0 fully saturated rings. The number of benzene rings is 2. The van der Waals surface area contributed by atoms with Gasteiger partial charge in [0.1, 0.15) is 17.3 Å². The molecule has 0 aliphatic carbocycles. The lowest BCUT2D eigenvalue weighted by atomic mass is 9.73. The van der Waals surface area contributed by atoms with Gasteiger partial charge in [0.05, 0.1) is 12.9 Å². The molecule has 14 heteroatoms. The Morgan fingerprint density at radius 1 is 1.05 bits per heavy atom. The number of allylic oxidation sites excluding steroid dienone is 2. The summed E-state index contributed by atoms with van der Waals surface area (Å²) in [5.74, 6) is 0.707.